The molecule has 2 rings (SSSR count). The Morgan fingerprint density at radius 3 is 2.48 bits per heavy atom. The summed E-state index contributed by atoms with van der Waals surface area (Å²) in [6.45, 7) is 4.77. The predicted molar refractivity (Wildman–Crippen MR) is 108 cm³/mol. The summed E-state index contributed by atoms with van der Waals surface area (Å²) in [7, 11) is 1.68. The first kappa shape index (κ1) is 19.3. The number of nitrogens with one attached hydrogen (secondary N) is 1. The summed E-state index contributed by atoms with van der Waals surface area (Å²) in [4.78, 5) is 4.42. The van der Waals surface area contributed by atoms with E-state index in [0.29, 0.717) is 12.5 Å². The minimum absolute atomic E-state index is 0. The zero-order valence-electron chi connectivity index (χ0n) is 13.7. The lowest BCUT2D eigenvalue weighted by Gasteiger charge is -2.14. The third-order valence-corrected chi connectivity index (χ3v) is 3.53. The van der Waals surface area contributed by atoms with Gasteiger partial charge in [0.15, 0.2) is 5.96 Å². The quantitative estimate of drug-likeness (QED) is 0.430. The highest BCUT2D eigenvalue weighted by atomic mass is 127. The van der Waals surface area contributed by atoms with Gasteiger partial charge in [-0.15, -0.1) is 24.0 Å². The second-order valence-electron chi connectivity index (χ2n) is 5.36. The van der Waals surface area contributed by atoms with Gasteiger partial charge in [-0.25, -0.2) is 0 Å². The number of methoxy groups -OCH3 is 1. The number of ether oxygens (including phenoxy) is 1. The summed E-state index contributed by atoms with van der Waals surface area (Å²) in [5.41, 5.74) is 9.24. The molecule has 1 atom stereocenters. The molecule has 0 radical (unpaired) electrons. The van der Waals surface area contributed by atoms with E-state index >= 15 is 0 Å². The van der Waals surface area contributed by atoms with Crippen LogP contribution in [0.15, 0.2) is 53.5 Å². The van der Waals surface area contributed by atoms with Crippen LogP contribution >= 0.6 is 24.0 Å². The summed E-state index contributed by atoms with van der Waals surface area (Å²) < 4.78 is 5.38. The van der Waals surface area contributed by atoms with E-state index < -0.39 is 0 Å². The molecule has 0 heterocycles. The van der Waals surface area contributed by atoms with Gasteiger partial charge in [-0.05, 0) is 30.7 Å². The molecular formula is C18H24IN3O. The lowest BCUT2D eigenvalue weighted by Crippen LogP contribution is -2.23. The Bertz CT molecular complexity index is 641. The largest absolute Gasteiger partial charge is 0.496 e. The highest BCUT2D eigenvalue weighted by Gasteiger charge is 2.10. The van der Waals surface area contributed by atoms with Crippen molar-refractivity contribution in [2.75, 3.05) is 19.0 Å². The molecule has 2 aromatic carbocycles. The van der Waals surface area contributed by atoms with Crippen molar-refractivity contribution in [1.29, 1.82) is 0 Å². The van der Waals surface area contributed by atoms with Crippen molar-refractivity contribution in [3.63, 3.8) is 0 Å². The number of guanidine groups is 1. The van der Waals surface area contributed by atoms with Crippen LogP contribution in [0.25, 0.3) is 0 Å². The molecule has 0 amide bonds. The molecule has 3 N–H and O–H groups in total. The monoisotopic (exact) mass is 425 g/mol. The zero-order valence-corrected chi connectivity index (χ0v) is 16.1. The molecule has 5 heteroatoms. The summed E-state index contributed by atoms with van der Waals surface area (Å²) in [5.74, 6) is 1.54. The molecule has 0 saturated heterocycles. The van der Waals surface area contributed by atoms with Gasteiger partial charge in [0.05, 0.1) is 7.11 Å². The highest BCUT2D eigenvalue weighted by molar-refractivity contribution is 14.0. The highest BCUT2D eigenvalue weighted by Crippen LogP contribution is 2.26. The average Bonchev–Trinajstić information content (AvgIpc) is 2.54. The van der Waals surface area contributed by atoms with E-state index in [4.69, 9.17) is 10.5 Å². The number of hydrogen-bond acceptors (Lipinski definition) is 2. The number of benzene rings is 2. The van der Waals surface area contributed by atoms with Crippen LogP contribution in [0, 0.1) is 6.92 Å². The topological polar surface area (TPSA) is 59.6 Å². The number of nitrogens with zero attached hydrogens (tertiary/aromatic N) is 1. The van der Waals surface area contributed by atoms with Gasteiger partial charge in [-0.3, -0.25) is 4.99 Å². The van der Waals surface area contributed by atoms with E-state index in [2.05, 4.69) is 30.2 Å². The standard InChI is InChI=1S/C18H23N3O.HI/c1-13-8-10-15(11-9-13)21-18(19)20-12-14(2)16-6-4-5-7-17(16)22-3;/h4-11,14H,12H2,1-3H3,(H3,19,20,21);1H. The van der Waals surface area contributed by atoms with Crippen molar-refractivity contribution in [3.05, 3.63) is 59.7 Å². The van der Waals surface area contributed by atoms with Gasteiger partial charge < -0.3 is 15.8 Å². The summed E-state index contributed by atoms with van der Waals surface area (Å²) >= 11 is 0. The van der Waals surface area contributed by atoms with Crippen molar-refractivity contribution in [2.24, 2.45) is 10.7 Å². The van der Waals surface area contributed by atoms with Crippen LogP contribution in [0.1, 0.15) is 24.0 Å². The van der Waals surface area contributed by atoms with Crippen LogP contribution in [-0.2, 0) is 0 Å². The summed E-state index contributed by atoms with van der Waals surface area (Å²) in [6, 6.07) is 16.0. The van der Waals surface area contributed by atoms with Crippen molar-refractivity contribution in [2.45, 2.75) is 19.8 Å². The average molecular weight is 425 g/mol. The Labute approximate surface area is 155 Å². The van der Waals surface area contributed by atoms with Crippen LogP contribution in [0.3, 0.4) is 0 Å². The van der Waals surface area contributed by atoms with Gasteiger partial charge in [-0.1, -0.05) is 42.8 Å². The Balaban J connectivity index is 0.00000264. The molecule has 0 aliphatic rings. The zero-order chi connectivity index (χ0) is 15.9. The van der Waals surface area contributed by atoms with Crippen LogP contribution in [-0.4, -0.2) is 19.6 Å². The molecule has 0 aliphatic carbocycles. The van der Waals surface area contributed by atoms with E-state index in [1.165, 1.54) is 5.56 Å². The first-order valence-corrected chi connectivity index (χ1v) is 7.36. The van der Waals surface area contributed by atoms with Gasteiger partial charge in [-0.2, -0.15) is 0 Å². The van der Waals surface area contributed by atoms with Crippen molar-refractivity contribution >= 4 is 35.6 Å². The molecule has 1 unspecified atom stereocenters. The van der Waals surface area contributed by atoms with Gasteiger partial charge in [0, 0.05) is 18.2 Å². The van der Waals surface area contributed by atoms with Crippen LogP contribution in [0.5, 0.6) is 5.75 Å². The normalized spacial score (nSPS) is 12.2. The fourth-order valence-corrected chi connectivity index (χ4v) is 2.23. The maximum atomic E-state index is 5.95. The second-order valence-corrected chi connectivity index (χ2v) is 5.36. The van der Waals surface area contributed by atoms with E-state index in [1.807, 2.05) is 42.5 Å². The molecule has 0 spiro atoms. The van der Waals surface area contributed by atoms with Crippen molar-refractivity contribution in [1.82, 2.24) is 0 Å². The summed E-state index contributed by atoms with van der Waals surface area (Å²) in [5, 5.41) is 3.10. The number of nitrogens with two attached hydrogens (primary N) is 1. The van der Waals surface area contributed by atoms with Crippen molar-refractivity contribution < 1.29 is 4.74 Å². The van der Waals surface area contributed by atoms with Gasteiger partial charge in [0.25, 0.3) is 0 Å². The molecule has 0 fully saturated rings. The lowest BCUT2D eigenvalue weighted by molar-refractivity contribution is 0.407. The van der Waals surface area contributed by atoms with Gasteiger partial charge >= 0.3 is 0 Å². The van der Waals surface area contributed by atoms with Gasteiger partial charge in [0.1, 0.15) is 5.75 Å². The SMILES string of the molecule is COc1ccccc1C(C)CN=C(N)Nc1ccc(C)cc1.I. The third-order valence-electron chi connectivity index (χ3n) is 3.53. The van der Waals surface area contributed by atoms with E-state index in [9.17, 15) is 0 Å². The third kappa shape index (κ3) is 5.74. The maximum absolute atomic E-state index is 5.95. The van der Waals surface area contributed by atoms with E-state index in [0.717, 1.165) is 17.0 Å². The minimum Gasteiger partial charge on any atom is -0.496 e. The Hall–Kier alpha value is -1.76. The smallest absolute Gasteiger partial charge is 0.193 e. The number of hydrogen-bond donors (Lipinski definition) is 2. The molecule has 0 aliphatic heterocycles. The van der Waals surface area contributed by atoms with Crippen LogP contribution < -0.4 is 15.8 Å². The molecule has 4 nitrogen and oxygen atoms in total. The maximum Gasteiger partial charge on any atom is 0.193 e. The fraction of sp³-hybridized carbons (Fsp3) is 0.278. The number of aryl methyl sites for hydroxylation is 1. The number of aliphatic imine (C=N–C) groups is 1. The number of rotatable bonds is 5. The number of anilines is 1. The Kier molecular flexibility index (Phi) is 7.88. The predicted octanol–water partition coefficient (Wildman–Crippen LogP) is 4.15. The molecule has 124 valence electrons. The van der Waals surface area contributed by atoms with Crippen LogP contribution in [0.2, 0.25) is 0 Å². The molecular weight excluding hydrogens is 401 g/mol. The van der Waals surface area contributed by atoms with Crippen LogP contribution in [0.4, 0.5) is 5.69 Å². The number of halogens is 1. The first-order valence-electron chi connectivity index (χ1n) is 7.36. The Morgan fingerprint density at radius 1 is 1.17 bits per heavy atom. The Morgan fingerprint density at radius 2 is 1.83 bits per heavy atom. The molecule has 23 heavy (non-hydrogen) atoms. The van der Waals surface area contributed by atoms with E-state index in [-0.39, 0.29) is 29.9 Å². The van der Waals surface area contributed by atoms with Gasteiger partial charge in [0.2, 0.25) is 0 Å². The second kappa shape index (κ2) is 9.39. The molecule has 0 aromatic heterocycles. The lowest BCUT2D eigenvalue weighted by atomic mass is 10.0. The molecule has 2 aromatic rings. The summed E-state index contributed by atoms with van der Waals surface area (Å²) in [6.07, 6.45) is 0. The minimum atomic E-state index is 0. The molecule has 0 bridgehead atoms. The number of para-hydroxylation sites is 1. The first-order chi connectivity index (χ1) is 10.6. The fourth-order valence-electron chi connectivity index (χ4n) is 2.23. The van der Waals surface area contributed by atoms with Crippen molar-refractivity contribution in [3.8, 4) is 5.75 Å². The van der Waals surface area contributed by atoms with E-state index in [1.54, 1.807) is 7.11 Å². The molecule has 0 saturated carbocycles.